The van der Waals surface area contributed by atoms with Crippen LogP contribution in [0.2, 0.25) is 0 Å². The highest BCUT2D eigenvalue weighted by Gasteiger charge is 2.12. The summed E-state index contributed by atoms with van der Waals surface area (Å²) in [5.74, 6) is -1.02. The lowest BCUT2D eigenvalue weighted by Gasteiger charge is -2.06. The molecule has 0 unspecified atom stereocenters. The number of carbonyl (C=O) groups is 2. The molecule has 0 spiro atoms. The van der Waals surface area contributed by atoms with Crippen LogP contribution in [0.5, 0.6) is 0 Å². The molecule has 0 aliphatic rings. The normalized spacial score (nSPS) is 10.1. The van der Waals surface area contributed by atoms with Gasteiger partial charge in [-0.1, -0.05) is 12.1 Å². The number of pyridine rings is 1. The van der Waals surface area contributed by atoms with Gasteiger partial charge in [0, 0.05) is 0 Å². The average Bonchev–Trinajstić information content (AvgIpc) is 2.47. The lowest BCUT2D eigenvalue weighted by molar-refractivity contribution is 0.0519. The number of benzene rings is 1. The molecule has 0 N–H and O–H groups in total. The van der Waals surface area contributed by atoms with Gasteiger partial charge >= 0.3 is 5.97 Å². The molecule has 20 heavy (non-hydrogen) atoms. The average molecular weight is 273 g/mol. The number of hydrogen-bond donors (Lipinski definition) is 0. The third kappa shape index (κ3) is 3.06. The summed E-state index contributed by atoms with van der Waals surface area (Å²) in [5.41, 5.74) is 1.20. The van der Waals surface area contributed by atoms with Crippen molar-refractivity contribution in [2.75, 3.05) is 6.61 Å². The van der Waals surface area contributed by atoms with Crippen LogP contribution in [0.15, 0.2) is 36.4 Å². The van der Waals surface area contributed by atoms with Crippen molar-refractivity contribution in [1.82, 2.24) is 4.98 Å². The van der Waals surface area contributed by atoms with Crippen molar-refractivity contribution >= 4 is 12.3 Å². The highest BCUT2D eigenvalue weighted by Crippen LogP contribution is 2.21. The van der Waals surface area contributed by atoms with Gasteiger partial charge in [0.15, 0.2) is 6.29 Å². The van der Waals surface area contributed by atoms with Crippen LogP contribution in [0, 0.1) is 5.82 Å². The van der Waals surface area contributed by atoms with Crippen LogP contribution >= 0.6 is 0 Å². The minimum absolute atomic E-state index is 0.0238. The summed E-state index contributed by atoms with van der Waals surface area (Å²) in [6.45, 7) is 1.89. The maximum Gasteiger partial charge on any atom is 0.356 e. The Morgan fingerprint density at radius 3 is 2.75 bits per heavy atom. The largest absolute Gasteiger partial charge is 0.461 e. The van der Waals surface area contributed by atoms with Gasteiger partial charge in [-0.3, -0.25) is 4.79 Å². The lowest BCUT2D eigenvalue weighted by Crippen LogP contribution is -2.08. The highest BCUT2D eigenvalue weighted by molar-refractivity contribution is 5.90. The molecule has 5 heteroatoms. The second-order valence-corrected chi connectivity index (χ2v) is 4.01. The molecule has 0 atom stereocenters. The molecule has 0 aliphatic heterocycles. The van der Waals surface area contributed by atoms with Gasteiger partial charge < -0.3 is 4.74 Å². The van der Waals surface area contributed by atoms with E-state index in [1.54, 1.807) is 19.1 Å². The van der Waals surface area contributed by atoms with E-state index in [2.05, 4.69) is 4.98 Å². The van der Waals surface area contributed by atoms with Crippen molar-refractivity contribution in [3.8, 4) is 11.1 Å². The molecule has 1 heterocycles. The number of rotatable bonds is 4. The standard InChI is InChI=1S/C15H12FNO3/c1-2-20-15(19)14-8-11(7-13(9-18)17-14)10-4-3-5-12(16)6-10/h3-9H,2H2,1H3. The first-order valence-corrected chi connectivity index (χ1v) is 6.04. The fourth-order valence-corrected chi connectivity index (χ4v) is 1.76. The Labute approximate surface area is 115 Å². The Balaban J connectivity index is 2.50. The van der Waals surface area contributed by atoms with Crippen LogP contribution < -0.4 is 0 Å². The molecule has 102 valence electrons. The number of aromatic nitrogens is 1. The second-order valence-electron chi connectivity index (χ2n) is 4.01. The summed E-state index contributed by atoms with van der Waals surface area (Å²) in [4.78, 5) is 26.5. The van der Waals surface area contributed by atoms with Crippen LogP contribution in [-0.4, -0.2) is 23.8 Å². The summed E-state index contributed by atoms with van der Waals surface area (Å²) < 4.78 is 18.1. The molecule has 0 bridgehead atoms. The van der Waals surface area contributed by atoms with Gasteiger partial charge in [0.25, 0.3) is 0 Å². The number of halogens is 1. The maximum absolute atomic E-state index is 13.2. The van der Waals surface area contributed by atoms with Crippen molar-refractivity contribution in [2.45, 2.75) is 6.92 Å². The van der Waals surface area contributed by atoms with Crippen LogP contribution in [0.3, 0.4) is 0 Å². The van der Waals surface area contributed by atoms with E-state index in [9.17, 15) is 14.0 Å². The Kier molecular flexibility index (Phi) is 4.20. The van der Waals surface area contributed by atoms with Gasteiger partial charge in [-0.05, 0) is 42.3 Å². The van der Waals surface area contributed by atoms with Crippen molar-refractivity contribution in [3.05, 3.63) is 53.6 Å². The van der Waals surface area contributed by atoms with E-state index in [-0.39, 0.29) is 18.0 Å². The Morgan fingerprint density at radius 1 is 1.30 bits per heavy atom. The second kappa shape index (κ2) is 6.06. The predicted molar refractivity (Wildman–Crippen MR) is 71.0 cm³/mol. The number of nitrogens with zero attached hydrogens (tertiary/aromatic N) is 1. The highest BCUT2D eigenvalue weighted by atomic mass is 19.1. The molecule has 0 saturated heterocycles. The fourth-order valence-electron chi connectivity index (χ4n) is 1.76. The molecule has 0 aliphatic carbocycles. The summed E-state index contributed by atoms with van der Waals surface area (Å²) in [6.07, 6.45) is 0.533. The third-order valence-corrected chi connectivity index (χ3v) is 2.61. The molecule has 4 nitrogen and oxygen atoms in total. The first-order valence-electron chi connectivity index (χ1n) is 6.04. The summed E-state index contributed by atoms with van der Waals surface area (Å²) in [6, 6.07) is 8.83. The molecule has 0 saturated carbocycles. The molecule has 2 rings (SSSR count). The van der Waals surface area contributed by atoms with Gasteiger partial charge in [-0.2, -0.15) is 0 Å². The van der Waals surface area contributed by atoms with Crippen molar-refractivity contribution < 1.29 is 18.7 Å². The fraction of sp³-hybridized carbons (Fsp3) is 0.133. The SMILES string of the molecule is CCOC(=O)c1cc(-c2cccc(F)c2)cc(C=O)n1. The van der Waals surface area contributed by atoms with Gasteiger partial charge in [-0.15, -0.1) is 0 Å². The van der Waals surface area contributed by atoms with Gasteiger partial charge in [0.1, 0.15) is 17.2 Å². The van der Waals surface area contributed by atoms with Crippen LogP contribution in [0.1, 0.15) is 27.9 Å². The number of carbonyl (C=O) groups excluding carboxylic acids is 2. The topological polar surface area (TPSA) is 56.3 Å². The lowest BCUT2D eigenvalue weighted by atomic mass is 10.0. The molecule has 2 aromatic rings. The van der Waals surface area contributed by atoms with Crippen LogP contribution in [0.4, 0.5) is 4.39 Å². The van der Waals surface area contributed by atoms with E-state index < -0.39 is 11.8 Å². The zero-order valence-corrected chi connectivity index (χ0v) is 10.8. The summed E-state index contributed by atoms with van der Waals surface area (Å²) >= 11 is 0. The molecular formula is C15H12FNO3. The van der Waals surface area contributed by atoms with Crippen LogP contribution in [0.25, 0.3) is 11.1 Å². The van der Waals surface area contributed by atoms with E-state index in [1.165, 1.54) is 24.3 Å². The van der Waals surface area contributed by atoms with Crippen molar-refractivity contribution in [2.24, 2.45) is 0 Å². The molecule has 1 aromatic heterocycles. The number of aldehydes is 1. The van der Waals surface area contributed by atoms with Gasteiger partial charge in [-0.25, -0.2) is 14.2 Å². The van der Waals surface area contributed by atoms with Gasteiger partial charge in [0.2, 0.25) is 0 Å². The minimum atomic E-state index is -0.617. The van der Waals surface area contributed by atoms with Crippen LogP contribution in [-0.2, 0) is 4.74 Å². The number of ether oxygens (including phenoxy) is 1. The molecular weight excluding hydrogens is 261 g/mol. The van der Waals surface area contributed by atoms with E-state index >= 15 is 0 Å². The summed E-state index contributed by atoms with van der Waals surface area (Å²) in [7, 11) is 0. The molecule has 0 amide bonds. The van der Waals surface area contributed by atoms with E-state index in [0.717, 1.165) is 0 Å². The summed E-state index contributed by atoms with van der Waals surface area (Å²) in [5, 5.41) is 0. The Hall–Kier alpha value is -2.56. The van der Waals surface area contributed by atoms with E-state index in [0.29, 0.717) is 17.4 Å². The quantitative estimate of drug-likeness (QED) is 0.635. The molecule has 0 radical (unpaired) electrons. The van der Waals surface area contributed by atoms with Crippen molar-refractivity contribution in [3.63, 3.8) is 0 Å². The zero-order chi connectivity index (χ0) is 14.5. The Morgan fingerprint density at radius 2 is 2.10 bits per heavy atom. The Bertz CT molecular complexity index is 655. The van der Waals surface area contributed by atoms with E-state index in [1.807, 2.05) is 0 Å². The zero-order valence-electron chi connectivity index (χ0n) is 10.8. The third-order valence-electron chi connectivity index (χ3n) is 2.61. The smallest absolute Gasteiger partial charge is 0.356 e. The first kappa shape index (κ1) is 13.9. The number of esters is 1. The number of hydrogen-bond acceptors (Lipinski definition) is 4. The predicted octanol–water partition coefficient (Wildman–Crippen LogP) is 2.88. The minimum Gasteiger partial charge on any atom is -0.461 e. The van der Waals surface area contributed by atoms with E-state index in [4.69, 9.17) is 4.74 Å². The monoisotopic (exact) mass is 273 g/mol. The molecule has 0 fully saturated rings. The maximum atomic E-state index is 13.2. The van der Waals surface area contributed by atoms with Gasteiger partial charge in [0.05, 0.1) is 6.61 Å². The van der Waals surface area contributed by atoms with Crippen molar-refractivity contribution in [1.29, 1.82) is 0 Å². The molecule has 1 aromatic carbocycles. The first-order chi connectivity index (χ1) is 9.63.